The van der Waals surface area contributed by atoms with E-state index in [0.29, 0.717) is 11.5 Å². The number of carbonyl (C=O) groups excluding carboxylic acids is 1. The minimum atomic E-state index is -0.252. The third-order valence-electron chi connectivity index (χ3n) is 2.53. The third kappa shape index (κ3) is 2.41. The summed E-state index contributed by atoms with van der Waals surface area (Å²) >= 11 is 0. The third-order valence-corrected chi connectivity index (χ3v) is 2.53. The molecular weight excluding hydrogens is 190 g/mol. The molecule has 0 radical (unpaired) electrons. The van der Waals surface area contributed by atoms with Crippen LogP contribution in [0.3, 0.4) is 0 Å². The molecule has 0 aromatic carbocycles. The summed E-state index contributed by atoms with van der Waals surface area (Å²) in [5.41, 5.74) is 2.78. The van der Waals surface area contributed by atoms with Crippen molar-refractivity contribution in [3.05, 3.63) is 23.0 Å². The van der Waals surface area contributed by atoms with E-state index in [9.17, 15) is 4.79 Å². The fraction of sp³-hybridized carbons (Fsp3) is 0.583. The molecule has 0 aliphatic carbocycles. The molecule has 0 spiro atoms. The van der Waals surface area contributed by atoms with Crippen molar-refractivity contribution in [1.82, 2.24) is 4.57 Å². The van der Waals surface area contributed by atoms with Gasteiger partial charge in [-0.15, -0.1) is 0 Å². The average molecular weight is 209 g/mol. The van der Waals surface area contributed by atoms with E-state index in [0.717, 1.165) is 17.9 Å². The van der Waals surface area contributed by atoms with Crippen molar-refractivity contribution in [2.75, 3.05) is 7.11 Å². The van der Waals surface area contributed by atoms with Crippen molar-refractivity contribution in [2.24, 2.45) is 5.92 Å². The van der Waals surface area contributed by atoms with Crippen LogP contribution in [0.2, 0.25) is 0 Å². The van der Waals surface area contributed by atoms with E-state index < -0.39 is 0 Å². The van der Waals surface area contributed by atoms with Crippen LogP contribution in [0.15, 0.2) is 6.07 Å². The van der Waals surface area contributed by atoms with Crippen LogP contribution in [0, 0.1) is 19.8 Å². The Balaban J connectivity index is 3.08. The molecule has 0 aliphatic rings. The zero-order valence-corrected chi connectivity index (χ0v) is 10.1. The predicted octanol–water partition coefficient (Wildman–Crippen LogP) is 2.55. The Bertz CT molecular complexity index is 364. The number of ether oxygens (including phenoxy) is 1. The Morgan fingerprint density at radius 1 is 1.47 bits per heavy atom. The maximum atomic E-state index is 11.5. The van der Waals surface area contributed by atoms with Crippen molar-refractivity contribution in [3.63, 3.8) is 0 Å². The lowest BCUT2D eigenvalue weighted by molar-refractivity contribution is 0.0599. The molecule has 1 rings (SSSR count). The van der Waals surface area contributed by atoms with Gasteiger partial charge >= 0.3 is 5.97 Å². The lowest BCUT2D eigenvalue weighted by Gasteiger charge is -2.11. The Kier molecular flexibility index (Phi) is 3.56. The second-order valence-electron chi connectivity index (χ2n) is 4.28. The smallest absolute Gasteiger partial charge is 0.339 e. The molecule has 15 heavy (non-hydrogen) atoms. The number of esters is 1. The summed E-state index contributed by atoms with van der Waals surface area (Å²) in [6, 6.07) is 1.89. The topological polar surface area (TPSA) is 31.2 Å². The minimum absolute atomic E-state index is 0.252. The van der Waals surface area contributed by atoms with Crippen LogP contribution in [-0.2, 0) is 11.3 Å². The van der Waals surface area contributed by atoms with Gasteiger partial charge in [-0.3, -0.25) is 0 Å². The van der Waals surface area contributed by atoms with Crippen molar-refractivity contribution in [3.8, 4) is 0 Å². The zero-order chi connectivity index (χ0) is 11.6. The van der Waals surface area contributed by atoms with Gasteiger partial charge in [0.15, 0.2) is 0 Å². The number of aryl methyl sites for hydroxylation is 1. The van der Waals surface area contributed by atoms with Crippen LogP contribution in [-0.4, -0.2) is 17.6 Å². The fourth-order valence-corrected chi connectivity index (χ4v) is 1.76. The van der Waals surface area contributed by atoms with E-state index in [4.69, 9.17) is 4.74 Å². The second-order valence-corrected chi connectivity index (χ2v) is 4.28. The molecule has 0 atom stereocenters. The maximum Gasteiger partial charge on any atom is 0.339 e. The summed E-state index contributed by atoms with van der Waals surface area (Å²) in [5, 5.41) is 0. The first-order chi connectivity index (χ1) is 6.97. The molecule has 0 N–H and O–H groups in total. The van der Waals surface area contributed by atoms with Crippen molar-refractivity contribution in [1.29, 1.82) is 0 Å². The average Bonchev–Trinajstić information content (AvgIpc) is 2.44. The first-order valence-corrected chi connectivity index (χ1v) is 5.22. The van der Waals surface area contributed by atoms with Gasteiger partial charge in [0.25, 0.3) is 0 Å². The highest BCUT2D eigenvalue weighted by Gasteiger charge is 2.16. The van der Waals surface area contributed by atoms with Gasteiger partial charge < -0.3 is 9.30 Å². The summed E-state index contributed by atoms with van der Waals surface area (Å²) in [5.74, 6) is 0.318. The Hall–Kier alpha value is -1.25. The van der Waals surface area contributed by atoms with Crippen LogP contribution in [0.1, 0.15) is 35.6 Å². The largest absolute Gasteiger partial charge is 0.465 e. The van der Waals surface area contributed by atoms with Crippen molar-refractivity contribution in [2.45, 2.75) is 34.2 Å². The molecule has 0 saturated heterocycles. The molecule has 0 aliphatic heterocycles. The van der Waals surface area contributed by atoms with E-state index in [1.54, 1.807) is 0 Å². The number of hydrogen-bond donors (Lipinski definition) is 0. The van der Waals surface area contributed by atoms with E-state index in [1.807, 2.05) is 19.9 Å². The SMILES string of the molecule is COC(=O)c1cc(C)n(CC(C)C)c1C. The standard InChI is InChI=1S/C12H19NO2/c1-8(2)7-13-9(3)6-11(10(13)4)12(14)15-5/h6,8H,7H2,1-5H3. The first kappa shape index (κ1) is 11.8. The van der Waals surface area contributed by atoms with E-state index in [1.165, 1.54) is 7.11 Å². The molecule has 0 amide bonds. The molecule has 3 nitrogen and oxygen atoms in total. The van der Waals surface area contributed by atoms with E-state index in [2.05, 4.69) is 18.4 Å². The highest BCUT2D eigenvalue weighted by Crippen LogP contribution is 2.17. The molecule has 3 heteroatoms. The highest BCUT2D eigenvalue weighted by atomic mass is 16.5. The number of rotatable bonds is 3. The van der Waals surface area contributed by atoms with Gasteiger partial charge in [0, 0.05) is 17.9 Å². The monoisotopic (exact) mass is 209 g/mol. The Labute approximate surface area is 91.0 Å². The fourth-order valence-electron chi connectivity index (χ4n) is 1.76. The quantitative estimate of drug-likeness (QED) is 0.716. The van der Waals surface area contributed by atoms with Crippen LogP contribution in [0.5, 0.6) is 0 Å². The van der Waals surface area contributed by atoms with Crippen LogP contribution < -0.4 is 0 Å². The van der Waals surface area contributed by atoms with E-state index >= 15 is 0 Å². The summed E-state index contributed by atoms with van der Waals surface area (Å²) in [4.78, 5) is 11.5. The normalized spacial score (nSPS) is 10.8. The molecule has 1 aromatic rings. The maximum absolute atomic E-state index is 11.5. The molecule has 0 bridgehead atoms. The first-order valence-electron chi connectivity index (χ1n) is 5.22. The van der Waals surface area contributed by atoms with Gasteiger partial charge in [0.1, 0.15) is 0 Å². The Morgan fingerprint density at radius 2 is 2.07 bits per heavy atom. The van der Waals surface area contributed by atoms with Gasteiger partial charge in [-0.2, -0.15) is 0 Å². The Morgan fingerprint density at radius 3 is 2.53 bits per heavy atom. The van der Waals surface area contributed by atoms with Gasteiger partial charge in [-0.25, -0.2) is 4.79 Å². The van der Waals surface area contributed by atoms with Crippen LogP contribution in [0.25, 0.3) is 0 Å². The van der Waals surface area contributed by atoms with Crippen molar-refractivity contribution >= 4 is 5.97 Å². The van der Waals surface area contributed by atoms with Crippen LogP contribution in [0.4, 0.5) is 0 Å². The summed E-state index contributed by atoms with van der Waals surface area (Å²) in [7, 11) is 1.41. The number of aromatic nitrogens is 1. The molecule has 84 valence electrons. The number of carbonyl (C=O) groups is 1. The molecule has 0 fully saturated rings. The number of methoxy groups -OCH3 is 1. The van der Waals surface area contributed by atoms with E-state index in [-0.39, 0.29) is 5.97 Å². The summed E-state index contributed by atoms with van der Waals surface area (Å²) in [6.45, 7) is 9.24. The lowest BCUT2D eigenvalue weighted by atomic mass is 10.2. The number of nitrogens with zero attached hydrogens (tertiary/aromatic N) is 1. The molecular formula is C12H19NO2. The summed E-state index contributed by atoms with van der Waals surface area (Å²) < 4.78 is 6.90. The van der Waals surface area contributed by atoms with Gasteiger partial charge in [-0.05, 0) is 25.8 Å². The highest BCUT2D eigenvalue weighted by molar-refractivity contribution is 5.91. The van der Waals surface area contributed by atoms with Gasteiger partial charge in [0.05, 0.1) is 12.7 Å². The zero-order valence-electron chi connectivity index (χ0n) is 10.1. The summed E-state index contributed by atoms with van der Waals surface area (Å²) in [6.07, 6.45) is 0. The van der Waals surface area contributed by atoms with Gasteiger partial charge in [-0.1, -0.05) is 13.8 Å². The molecule has 0 unspecified atom stereocenters. The predicted molar refractivity (Wildman–Crippen MR) is 60.1 cm³/mol. The van der Waals surface area contributed by atoms with Crippen molar-refractivity contribution < 1.29 is 9.53 Å². The number of hydrogen-bond acceptors (Lipinski definition) is 2. The van der Waals surface area contributed by atoms with Crippen LogP contribution >= 0.6 is 0 Å². The second kappa shape index (κ2) is 4.51. The van der Waals surface area contributed by atoms with Gasteiger partial charge in [0.2, 0.25) is 0 Å². The molecule has 1 aromatic heterocycles. The minimum Gasteiger partial charge on any atom is -0.465 e. The lowest BCUT2D eigenvalue weighted by Crippen LogP contribution is -2.09. The molecule has 0 saturated carbocycles. The molecule has 1 heterocycles.